The van der Waals surface area contributed by atoms with Crippen molar-refractivity contribution in [3.63, 3.8) is 0 Å². The molecule has 0 aliphatic carbocycles. The smallest absolute Gasteiger partial charge is 0.253 e. The van der Waals surface area contributed by atoms with E-state index in [2.05, 4.69) is 4.98 Å². The second kappa shape index (κ2) is 7.56. The summed E-state index contributed by atoms with van der Waals surface area (Å²) in [6.45, 7) is 2.51. The fourth-order valence-electron chi connectivity index (χ4n) is 3.92. The molecule has 3 heterocycles. The van der Waals surface area contributed by atoms with Crippen LogP contribution in [0.4, 0.5) is 0 Å². The second-order valence-electron chi connectivity index (χ2n) is 7.15. The summed E-state index contributed by atoms with van der Waals surface area (Å²) in [6.07, 6.45) is 4.61. The lowest BCUT2D eigenvalue weighted by Gasteiger charge is -2.39. The van der Waals surface area contributed by atoms with E-state index in [4.69, 9.17) is 9.47 Å². The van der Waals surface area contributed by atoms with Crippen molar-refractivity contribution >= 4 is 5.91 Å². The Morgan fingerprint density at radius 1 is 1.23 bits per heavy atom. The molecule has 1 aromatic carbocycles. The minimum Gasteiger partial charge on any atom is -0.370 e. The van der Waals surface area contributed by atoms with Gasteiger partial charge in [-0.2, -0.15) is 0 Å². The zero-order valence-electron chi connectivity index (χ0n) is 14.8. The molecular weight excluding hydrogens is 328 g/mol. The van der Waals surface area contributed by atoms with Crippen LogP contribution in [0.1, 0.15) is 35.3 Å². The van der Waals surface area contributed by atoms with Gasteiger partial charge in [-0.3, -0.25) is 9.78 Å². The number of carbonyl (C=O) groups excluding carboxylic acids is 1. The third-order valence-electron chi connectivity index (χ3n) is 5.22. The molecule has 136 valence electrons. The van der Waals surface area contributed by atoms with E-state index in [1.165, 1.54) is 0 Å². The summed E-state index contributed by atoms with van der Waals surface area (Å²) in [5, 5.41) is 0. The topological polar surface area (TPSA) is 51.7 Å². The maximum Gasteiger partial charge on any atom is 0.253 e. The van der Waals surface area contributed by atoms with Gasteiger partial charge in [-0.1, -0.05) is 24.3 Å². The average molecular weight is 352 g/mol. The van der Waals surface area contributed by atoms with E-state index in [1.54, 1.807) is 6.20 Å². The normalized spacial score (nSPS) is 25.5. The van der Waals surface area contributed by atoms with Gasteiger partial charge in [0.05, 0.1) is 37.2 Å². The summed E-state index contributed by atoms with van der Waals surface area (Å²) < 4.78 is 12.2. The van der Waals surface area contributed by atoms with Gasteiger partial charge in [-0.15, -0.1) is 0 Å². The van der Waals surface area contributed by atoms with Gasteiger partial charge in [-0.25, -0.2) is 0 Å². The van der Waals surface area contributed by atoms with Crippen molar-refractivity contribution in [3.05, 3.63) is 66.0 Å². The number of aromatic nitrogens is 1. The predicted molar refractivity (Wildman–Crippen MR) is 97.7 cm³/mol. The fourth-order valence-corrected chi connectivity index (χ4v) is 3.92. The van der Waals surface area contributed by atoms with Crippen molar-refractivity contribution in [1.82, 2.24) is 9.88 Å². The van der Waals surface area contributed by atoms with Gasteiger partial charge in [-0.05, 0) is 37.1 Å². The highest BCUT2D eigenvalue weighted by Gasteiger charge is 2.45. The van der Waals surface area contributed by atoms with E-state index >= 15 is 0 Å². The predicted octanol–water partition coefficient (Wildman–Crippen LogP) is 3.06. The van der Waals surface area contributed by atoms with Crippen LogP contribution in [0, 0.1) is 0 Å². The van der Waals surface area contributed by atoms with Crippen LogP contribution < -0.4 is 0 Å². The van der Waals surface area contributed by atoms with E-state index in [9.17, 15) is 4.79 Å². The standard InChI is InChI=1S/C21H24N2O3/c24-20(17-7-2-1-3-8-17)23-12-6-10-21(16-23)13-19(15-26-21)25-14-18-9-4-5-11-22-18/h1-5,7-9,11,19H,6,10,12-16H2/t19-,21-/m0/s1. The first-order chi connectivity index (χ1) is 12.7. The Morgan fingerprint density at radius 2 is 2.08 bits per heavy atom. The molecule has 5 nitrogen and oxygen atoms in total. The molecule has 26 heavy (non-hydrogen) atoms. The lowest BCUT2D eigenvalue weighted by Crippen LogP contribution is -2.50. The molecule has 0 radical (unpaired) electrons. The molecule has 5 heteroatoms. The van der Waals surface area contributed by atoms with E-state index in [0.29, 0.717) is 19.8 Å². The number of hydrogen-bond donors (Lipinski definition) is 0. The minimum absolute atomic E-state index is 0.0591. The van der Waals surface area contributed by atoms with Crippen LogP contribution in [0.5, 0.6) is 0 Å². The van der Waals surface area contributed by atoms with E-state index < -0.39 is 0 Å². The van der Waals surface area contributed by atoms with Crippen molar-refractivity contribution < 1.29 is 14.3 Å². The van der Waals surface area contributed by atoms with Gasteiger partial charge in [0.1, 0.15) is 0 Å². The summed E-state index contributed by atoms with van der Waals surface area (Å²) in [4.78, 5) is 19.0. The summed E-state index contributed by atoms with van der Waals surface area (Å²) in [7, 11) is 0. The van der Waals surface area contributed by atoms with Crippen LogP contribution in [-0.2, 0) is 16.1 Å². The summed E-state index contributed by atoms with van der Waals surface area (Å²) in [5.74, 6) is 0.0890. The third kappa shape index (κ3) is 3.79. The first-order valence-electron chi connectivity index (χ1n) is 9.24. The highest BCUT2D eigenvalue weighted by atomic mass is 16.6. The third-order valence-corrected chi connectivity index (χ3v) is 5.22. The van der Waals surface area contributed by atoms with E-state index in [0.717, 1.165) is 37.1 Å². The molecule has 1 amide bonds. The Bertz CT molecular complexity index is 737. The first-order valence-corrected chi connectivity index (χ1v) is 9.24. The molecule has 1 aromatic heterocycles. The summed E-state index contributed by atoms with van der Waals surface area (Å²) in [6, 6.07) is 15.3. The molecular formula is C21H24N2O3. The minimum atomic E-state index is -0.266. The number of amides is 1. The van der Waals surface area contributed by atoms with Crippen molar-refractivity contribution in [1.29, 1.82) is 0 Å². The van der Waals surface area contributed by atoms with Gasteiger partial charge >= 0.3 is 0 Å². The Morgan fingerprint density at radius 3 is 2.88 bits per heavy atom. The summed E-state index contributed by atoms with van der Waals surface area (Å²) in [5.41, 5.74) is 1.40. The molecule has 0 unspecified atom stereocenters. The van der Waals surface area contributed by atoms with Gasteiger partial charge in [0.2, 0.25) is 0 Å². The number of rotatable bonds is 4. The van der Waals surface area contributed by atoms with Crippen LogP contribution in [0.25, 0.3) is 0 Å². The molecule has 0 bridgehead atoms. The van der Waals surface area contributed by atoms with Gasteiger partial charge < -0.3 is 14.4 Å². The second-order valence-corrected chi connectivity index (χ2v) is 7.15. The number of piperidine rings is 1. The Labute approximate surface area is 153 Å². The van der Waals surface area contributed by atoms with Crippen molar-refractivity contribution in [2.24, 2.45) is 0 Å². The molecule has 2 saturated heterocycles. The van der Waals surface area contributed by atoms with Crippen LogP contribution in [-0.4, -0.2) is 47.2 Å². The monoisotopic (exact) mass is 352 g/mol. The molecule has 2 atom stereocenters. The Kier molecular flexibility index (Phi) is 5.00. The molecule has 0 saturated carbocycles. The van der Waals surface area contributed by atoms with Gasteiger partial charge in [0.25, 0.3) is 5.91 Å². The quantitative estimate of drug-likeness (QED) is 0.849. The zero-order valence-corrected chi connectivity index (χ0v) is 14.8. The molecule has 2 aliphatic heterocycles. The van der Waals surface area contributed by atoms with Crippen LogP contribution in [0.2, 0.25) is 0 Å². The lowest BCUT2D eigenvalue weighted by atomic mass is 9.89. The summed E-state index contributed by atoms with van der Waals surface area (Å²) >= 11 is 0. The largest absolute Gasteiger partial charge is 0.370 e. The molecule has 4 rings (SSSR count). The number of benzene rings is 1. The van der Waals surface area contributed by atoms with Crippen LogP contribution >= 0.6 is 0 Å². The van der Waals surface area contributed by atoms with E-state index in [1.807, 2.05) is 53.4 Å². The molecule has 2 fully saturated rings. The number of nitrogens with zero attached hydrogens (tertiary/aromatic N) is 2. The molecule has 2 aromatic rings. The maximum absolute atomic E-state index is 12.8. The SMILES string of the molecule is O=C(c1ccccc1)N1CCC[C@]2(C[C@H](OCc3ccccn3)CO2)C1. The number of pyridine rings is 1. The molecule has 2 aliphatic rings. The van der Waals surface area contributed by atoms with Gasteiger partial charge in [0.15, 0.2) is 0 Å². The number of ether oxygens (including phenoxy) is 2. The van der Waals surface area contributed by atoms with Crippen molar-refractivity contribution in [3.8, 4) is 0 Å². The van der Waals surface area contributed by atoms with Crippen molar-refractivity contribution in [2.45, 2.75) is 37.6 Å². The highest BCUT2D eigenvalue weighted by molar-refractivity contribution is 5.94. The number of carbonyl (C=O) groups is 1. The molecule has 1 spiro atoms. The van der Waals surface area contributed by atoms with Gasteiger partial charge in [0, 0.05) is 24.7 Å². The Hall–Kier alpha value is -2.24. The van der Waals surface area contributed by atoms with E-state index in [-0.39, 0.29) is 17.6 Å². The average Bonchev–Trinajstić information content (AvgIpc) is 3.09. The lowest BCUT2D eigenvalue weighted by molar-refractivity contribution is -0.0466. The van der Waals surface area contributed by atoms with Crippen LogP contribution in [0.15, 0.2) is 54.7 Å². The fraction of sp³-hybridized carbons (Fsp3) is 0.429. The van der Waals surface area contributed by atoms with Crippen molar-refractivity contribution in [2.75, 3.05) is 19.7 Å². The van der Waals surface area contributed by atoms with Crippen LogP contribution in [0.3, 0.4) is 0 Å². The Balaban J connectivity index is 1.36. The first kappa shape index (κ1) is 17.2. The maximum atomic E-state index is 12.8. The highest BCUT2D eigenvalue weighted by Crippen LogP contribution is 2.36. The number of hydrogen-bond acceptors (Lipinski definition) is 4. The molecule has 0 N–H and O–H groups in total. The zero-order chi connectivity index (χ0) is 17.8. The number of likely N-dealkylation sites (tertiary alicyclic amines) is 1.